The molecule has 1 aromatic rings. The number of halogens is 1. The van der Waals surface area contributed by atoms with Crippen LogP contribution in [0, 0.1) is 0 Å². The topological polar surface area (TPSA) is 70.8 Å². The van der Waals surface area contributed by atoms with Crippen molar-refractivity contribution in [1.82, 2.24) is 0 Å². The zero-order chi connectivity index (χ0) is 17.3. The van der Waals surface area contributed by atoms with Crippen LogP contribution in [0.2, 0.25) is 5.02 Å². The van der Waals surface area contributed by atoms with Crippen molar-refractivity contribution in [2.24, 2.45) is 5.73 Å². The molecule has 1 rings (SSSR count). The van der Waals surface area contributed by atoms with E-state index in [1.54, 1.807) is 12.1 Å². The molecule has 0 aliphatic heterocycles. The number of benzene rings is 1. The van der Waals surface area contributed by atoms with Crippen LogP contribution in [0.3, 0.4) is 0 Å². The summed E-state index contributed by atoms with van der Waals surface area (Å²) in [5.74, 6) is 0. The highest BCUT2D eigenvalue weighted by atomic mass is 35.5. The third kappa shape index (κ3) is 5.56. The summed E-state index contributed by atoms with van der Waals surface area (Å²) in [6, 6.07) is 6.34. The first-order valence-corrected chi connectivity index (χ1v) is 10.1. The van der Waals surface area contributed by atoms with Crippen LogP contribution in [0.25, 0.3) is 0 Å². The van der Waals surface area contributed by atoms with Gasteiger partial charge in [0.15, 0.2) is 0 Å². The third-order valence-electron chi connectivity index (χ3n) is 3.37. The Morgan fingerprint density at radius 3 is 2.09 bits per heavy atom. The lowest BCUT2D eigenvalue weighted by molar-refractivity contribution is -0.0898. The van der Waals surface area contributed by atoms with E-state index in [2.05, 4.69) is 0 Å². The second-order valence-corrected chi connectivity index (χ2v) is 7.96. The van der Waals surface area contributed by atoms with Gasteiger partial charge in [0.25, 0.3) is 7.37 Å². The van der Waals surface area contributed by atoms with Crippen molar-refractivity contribution in [3.63, 3.8) is 0 Å². The lowest BCUT2D eigenvalue weighted by Crippen LogP contribution is -2.24. The molecule has 2 unspecified atom stereocenters. The Morgan fingerprint density at radius 1 is 1.09 bits per heavy atom. The summed E-state index contributed by atoms with van der Waals surface area (Å²) < 4.78 is 30.6. The Hall–Kier alpha value is -0.420. The molecule has 0 aliphatic rings. The van der Waals surface area contributed by atoms with Gasteiger partial charge in [-0.3, -0.25) is 4.57 Å². The average Bonchev–Trinajstić information content (AvgIpc) is 2.53. The van der Waals surface area contributed by atoms with Gasteiger partial charge >= 0.3 is 0 Å². The van der Waals surface area contributed by atoms with Crippen LogP contribution in [-0.2, 0) is 18.6 Å². The first kappa shape index (κ1) is 20.6. The quantitative estimate of drug-likeness (QED) is 0.466. The second-order valence-electron chi connectivity index (χ2n) is 4.93. The number of rotatable bonds is 11. The van der Waals surface area contributed by atoms with Gasteiger partial charge < -0.3 is 19.7 Å². The van der Waals surface area contributed by atoms with Crippen molar-refractivity contribution in [2.75, 3.05) is 26.4 Å². The van der Waals surface area contributed by atoms with Gasteiger partial charge in [-0.2, -0.15) is 0 Å². The number of hydrogen-bond donors (Lipinski definition) is 1. The fraction of sp³-hybridized carbons (Fsp3) is 0.625. The highest BCUT2D eigenvalue weighted by Gasteiger charge is 2.44. The summed E-state index contributed by atoms with van der Waals surface area (Å²) in [5.41, 5.74) is 6.22. The van der Waals surface area contributed by atoms with E-state index in [1.165, 1.54) is 0 Å². The van der Waals surface area contributed by atoms with Gasteiger partial charge in [0, 0.05) is 18.2 Å². The molecule has 132 valence electrons. The van der Waals surface area contributed by atoms with Crippen LogP contribution in [0.15, 0.2) is 24.3 Å². The minimum Gasteiger partial charge on any atom is -0.345 e. The zero-order valence-electron chi connectivity index (χ0n) is 14.0. The van der Waals surface area contributed by atoms with Gasteiger partial charge in [0.05, 0.1) is 12.3 Å². The number of ether oxygens (including phenoxy) is 2. The van der Waals surface area contributed by atoms with Gasteiger partial charge in [-0.05, 0) is 51.4 Å². The molecule has 2 N–H and O–H groups in total. The Bertz CT molecular complexity index is 491. The van der Waals surface area contributed by atoms with E-state index in [0.717, 1.165) is 5.56 Å². The molecule has 0 spiro atoms. The van der Waals surface area contributed by atoms with Crippen LogP contribution in [0.1, 0.15) is 38.4 Å². The van der Waals surface area contributed by atoms with Gasteiger partial charge in [0.1, 0.15) is 0 Å². The van der Waals surface area contributed by atoms with Crippen LogP contribution < -0.4 is 5.73 Å². The van der Waals surface area contributed by atoms with Gasteiger partial charge in [-0.15, -0.1) is 0 Å². The minimum atomic E-state index is -3.29. The molecule has 0 aliphatic carbocycles. The number of nitrogens with two attached hydrogens (primary N) is 1. The van der Waals surface area contributed by atoms with Crippen molar-refractivity contribution in [2.45, 2.75) is 38.9 Å². The average molecular weight is 364 g/mol. The Balaban J connectivity index is 3.27. The van der Waals surface area contributed by atoms with Gasteiger partial charge in [-0.1, -0.05) is 23.7 Å². The fourth-order valence-corrected chi connectivity index (χ4v) is 5.37. The highest BCUT2D eigenvalue weighted by molar-refractivity contribution is 7.59. The molecule has 0 radical (unpaired) electrons. The largest absolute Gasteiger partial charge is 0.345 e. The Morgan fingerprint density at radius 2 is 1.65 bits per heavy atom. The molecule has 0 bridgehead atoms. The van der Waals surface area contributed by atoms with Crippen molar-refractivity contribution >= 4 is 19.0 Å². The van der Waals surface area contributed by atoms with Crippen LogP contribution in [0.4, 0.5) is 0 Å². The molecule has 0 amide bonds. The summed E-state index contributed by atoms with van der Waals surface area (Å²) in [5, 5.41) is 0.623. The van der Waals surface area contributed by atoms with Gasteiger partial charge in [-0.25, -0.2) is 0 Å². The smallest absolute Gasteiger partial charge is 0.264 e. The molecular formula is C16H27ClNO4P. The molecule has 23 heavy (non-hydrogen) atoms. The predicted octanol–water partition coefficient (Wildman–Crippen LogP) is 4.40. The van der Waals surface area contributed by atoms with E-state index in [0.29, 0.717) is 37.8 Å². The molecule has 0 saturated carbocycles. The maximum Gasteiger partial charge on any atom is 0.264 e. The van der Waals surface area contributed by atoms with E-state index in [-0.39, 0.29) is 0 Å². The zero-order valence-corrected chi connectivity index (χ0v) is 15.7. The molecule has 0 aromatic heterocycles. The van der Waals surface area contributed by atoms with Crippen LogP contribution in [0.5, 0.6) is 0 Å². The van der Waals surface area contributed by atoms with Crippen molar-refractivity contribution in [3.8, 4) is 0 Å². The van der Waals surface area contributed by atoms with Crippen LogP contribution >= 0.6 is 19.0 Å². The molecule has 1 aromatic carbocycles. The molecule has 0 saturated heterocycles. The van der Waals surface area contributed by atoms with E-state index in [9.17, 15) is 4.57 Å². The van der Waals surface area contributed by atoms with Crippen LogP contribution in [-0.4, -0.2) is 32.4 Å². The highest BCUT2D eigenvalue weighted by Crippen LogP contribution is 2.65. The third-order valence-corrected chi connectivity index (χ3v) is 6.60. The van der Waals surface area contributed by atoms with Crippen molar-refractivity contribution in [1.29, 1.82) is 0 Å². The lowest BCUT2D eigenvalue weighted by atomic mass is 10.1. The van der Waals surface area contributed by atoms with E-state index in [4.69, 9.17) is 31.3 Å². The molecule has 0 fully saturated rings. The Kier molecular flexibility index (Phi) is 9.37. The van der Waals surface area contributed by atoms with E-state index >= 15 is 0 Å². The first-order valence-electron chi connectivity index (χ1n) is 7.96. The fourth-order valence-electron chi connectivity index (χ4n) is 2.44. The monoisotopic (exact) mass is 363 g/mol. The van der Waals surface area contributed by atoms with Crippen molar-refractivity contribution < 1.29 is 18.6 Å². The van der Waals surface area contributed by atoms with E-state index < -0.39 is 19.1 Å². The standard InChI is InChI=1S/C16H27ClNO4P/c1-4-20-16(21-5-2)23(19,22-6-3)15(11-12-18)13-7-9-14(17)10-8-13/h7-10,15-16H,4-6,11-12,18H2,1-3H3. The maximum absolute atomic E-state index is 13.7. The molecule has 2 atom stereocenters. The number of hydrogen-bond acceptors (Lipinski definition) is 5. The molecule has 5 nitrogen and oxygen atoms in total. The summed E-state index contributed by atoms with van der Waals surface area (Å²) >= 11 is 5.96. The summed E-state index contributed by atoms with van der Waals surface area (Å²) in [6.45, 7) is 6.95. The summed E-state index contributed by atoms with van der Waals surface area (Å²) in [6.07, 6.45) is 0.509. The molecular weight excluding hydrogens is 337 g/mol. The normalized spacial score (nSPS) is 15.6. The SMILES string of the molecule is CCOC(OCC)P(=O)(OCC)C(CCN)c1ccc(Cl)cc1. The predicted molar refractivity (Wildman–Crippen MR) is 94.1 cm³/mol. The van der Waals surface area contributed by atoms with Crippen molar-refractivity contribution in [3.05, 3.63) is 34.9 Å². The Labute approximate surface area is 143 Å². The summed E-state index contributed by atoms with van der Waals surface area (Å²) in [7, 11) is -3.29. The summed E-state index contributed by atoms with van der Waals surface area (Å²) in [4.78, 5) is 0. The van der Waals surface area contributed by atoms with Gasteiger partial charge in [0.2, 0.25) is 6.03 Å². The minimum absolute atomic E-state index is 0.308. The maximum atomic E-state index is 13.7. The lowest BCUT2D eigenvalue weighted by Gasteiger charge is -2.33. The van der Waals surface area contributed by atoms with E-state index in [1.807, 2.05) is 32.9 Å². The second kappa shape index (κ2) is 10.4. The first-order chi connectivity index (χ1) is 11.0. The molecule has 7 heteroatoms. The molecule has 0 heterocycles.